The first-order valence-corrected chi connectivity index (χ1v) is 10.3. The molecule has 6 nitrogen and oxygen atoms in total. The predicted molar refractivity (Wildman–Crippen MR) is 118 cm³/mol. The van der Waals surface area contributed by atoms with Gasteiger partial charge >= 0.3 is 0 Å². The smallest absolute Gasteiger partial charge is 0.251 e. The van der Waals surface area contributed by atoms with Crippen LogP contribution in [0.15, 0.2) is 65.7 Å². The van der Waals surface area contributed by atoms with Gasteiger partial charge in [0, 0.05) is 32.2 Å². The fourth-order valence-electron chi connectivity index (χ4n) is 3.65. The van der Waals surface area contributed by atoms with Gasteiger partial charge in [-0.2, -0.15) is 0 Å². The van der Waals surface area contributed by atoms with E-state index < -0.39 is 0 Å². The Labute approximate surface area is 173 Å². The maximum absolute atomic E-state index is 12.1. The van der Waals surface area contributed by atoms with E-state index in [1.807, 2.05) is 30.3 Å². The van der Waals surface area contributed by atoms with Gasteiger partial charge in [-0.3, -0.25) is 14.7 Å². The SMILES string of the molecule is CN=C(NCCNC(=O)c1ccccc1)NCC(c1ccccc1)N1CCCC1. The fraction of sp³-hybridized carbons (Fsp3) is 0.391. The first-order chi connectivity index (χ1) is 14.3. The molecule has 1 fully saturated rings. The van der Waals surface area contributed by atoms with Crippen LogP contribution in [0.5, 0.6) is 0 Å². The number of likely N-dealkylation sites (tertiary alicyclic amines) is 1. The largest absolute Gasteiger partial charge is 0.355 e. The minimum Gasteiger partial charge on any atom is -0.355 e. The molecule has 1 aliphatic heterocycles. The number of rotatable bonds is 8. The summed E-state index contributed by atoms with van der Waals surface area (Å²) in [5.41, 5.74) is 2.00. The number of nitrogens with one attached hydrogen (secondary N) is 3. The Bertz CT molecular complexity index is 772. The number of hydrogen-bond acceptors (Lipinski definition) is 3. The maximum Gasteiger partial charge on any atom is 0.251 e. The molecule has 1 atom stereocenters. The molecule has 29 heavy (non-hydrogen) atoms. The van der Waals surface area contributed by atoms with Gasteiger partial charge in [-0.05, 0) is 43.6 Å². The second-order valence-corrected chi connectivity index (χ2v) is 7.17. The van der Waals surface area contributed by atoms with Gasteiger partial charge in [-0.15, -0.1) is 0 Å². The zero-order chi connectivity index (χ0) is 20.3. The summed E-state index contributed by atoms with van der Waals surface area (Å²) in [6.45, 7) is 4.21. The van der Waals surface area contributed by atoms with Crippen LogP contribution in [0, 0.1) is 0 Å². The molecule has 0 bridgehead atoms. The molecule has 1 amide bonds. The van der Waals surface area contributed by atoms with E-state index >= 15 is 0 Å². The van der Waals surface area contributed by atoms with E-state index in [1.54, 1.807) is 7.05 Å². The van der Waals surface area contributed by atoms with Crippen molar-refractivity contribution in [1.29, 1.82) is 0 Å². The molecule has 2 aromatic rings. The third-order valence-corrected chi connectivity index (χ3v) is 5.19. The van der Waals surface area contributed by atoms with Crippen molar-refractivity contribution >= 4 is 11.9 Å². The lowest BCUT2D eigenvalue weighted by Crippen LogP contribution is -2.44. The third kappa shape index (κ3) is 6.32. The van der Waals surface area contributed by atoms with E-state index in [0.717, 1.165) is 25.6 Å². The van der Waals surface area contributed by atoms with Crippen molar-refractivity contribution in [3.63, 3.8) is 0 Å². The van der Waals surface area contributed by atoms with E-state index in [0.29, 0.717) is 24.7 Å². The van der Waals surface area contributed by atoms with Gasteiger partial charge in [0.05, 0.1) is 6.04 Å². The lowest BCUT2D eigenvalue weighted by molar-refractivity contribution is 0.0954. The van der Waals surface area contributed by atoms with Gasteiger partial charge in [0.2, 0.25) is 0 Å². The standard InChI is InChI=1S/C23H31N5O/c1-24-23(26-15-14-25-22(29)20-12-6-3-7-13-20)27-18-21(28-16-8-9-17-28)19-10-4-2-5-11-19/h2-7,10-13,21H,8-9,14-18H2,1H3,(H,25,29)(H2,24,26,27). The van der Waals surface area contributed by atoms with Crippen molar-refractivity contribution in [1.82, 2.24) is 20.9 Å². The molecule has 3 rings (SSSR count). The third-order valence-electron chi connectivity index (χ3n) is 5.19. The average molecular weight is 394 g/mol. The summed E-state index contributed by atoms with van der Waals surface area (Å²) >= 11 is 0. The minimum absolute atomic E-state index is 0.0616. The van der Waals surface area contributed by atoms with Crippen molar-refractivity contribution in [3.05, 3.63) is 71.8 Å². The van der Waals surface area contributed by atoms with Crippen LogP contribution in [0.3, 0.4) is 0 Å². The maximum atomic E-state index is 12.1. The van der Waals surface area contributed by atoms with Crippen LogP contribution in [0.2, 0.25) is 0 Å². The Kier molecular flexibility index (Phi) is 8.07. The molecule has 1 aliphatic rings. The number of carbonyl (C=O) groups is 1. The van der Waals surface area contributed by atoms with Crippen molar-refractivity contribution in [2.45, 2.75) is 18.9 Å². The van der Waals surface area contributed by atoms with Crippen LogP contribution in [0.4, 0.5) is 0 Å². The average Bonchev–Trinajstić information content (AvgIpc) is 3.31. The summed E-state index contributed by atoms with van der Waals surface area (Å²) in [5.74, 6) is 0.688. The zero-order valence-corrected chi connectivity index (χ0v) is 17.1. The van der Waals surface area contributed by atoms with Gasteiger partial charge in [-0.1, -0.05) is 48.5 Å². The van der Waals surface area contributed by atoms with Gasteiger partial charge in [-0.25, -0.2) is 0 Å². The van der Waals surface area contributed by atoms with Crippen LogP contribution in [0.1, 0.15) is 34.8 Å². The molecule has 3 N–H and O–H groups in total. The molecule has 0 radical (unpaired) electrons. The second kappa shape index (κ2) is 11.2. The first-order valence-electron chi connectivity index (χ1n) is 10.3. The van der Waals surface area contributed by atoms with Gasteiger partial charge in [0.15, 0.2) is 5.96 Å². The number of guanidine groups is 1. The van der Waals surface area contributed by atoms with E-state index in [4.69, 9.17) is 0 Å². The van der Waals surface area contributed by atoms with E-state index in [1.165, 1.54) is 18.4 Å². The van der Waals surface area contributed by atoms with Gasteiger partial charge < -0.3 is 16.0 Å². The molecule has 0 spiro atoms. The Morgan fingerprint density at radius 1 is 0.931 bits per heavy atom. The molecule has 6 heteroatoms. The molecule has 0 aromatic heterocycles. The molecular weight excluding hydrogens is 362 g/mol. The number of benzene rings is 2. The molecule has 1 heterocycles. The minimum atomic E-state index is -0.0616. The first kappa shape index (κ1) is 20.9. The summed E-state index contributed by atoms with van der Waals surface area (Å²) < 4.78 is 0. The van der Waals surface area contributed by atoms with Crippen molar-refractivity contribution < 1.29 is 4.79 Å². The van der Waals surface area contributed by atoms with E-state index in [-0.39, 0.29) is 5.91 Å². The van der Waals surface area contributed by atoms with E-state index in [2.05, 4.69) is 56.2 Å². The van der Waals surface area contributed by atoms with Crippen LogP contribution < -0.4 is 16.0 Å². The summed E-state index contributed by atoms with van der Waals surface area (Å²) in [7, 11) is 1.77. The number of aliphatic imine (C=N–C) groups is 1. The van der Waals surface area contributed by atoms with Crippen molar-refractivity contribution in [2.24, 2.45) is 4.99 Å². The van der Waals surface area contributed by atoms with Crippen LogP contribution >= 0.6 is 0 Å². The second-order valence-electron chi connectivity index (χ2n) is 7.17. The summed E-state index contributed by atoms with van der Waals surface area (Å²) in [6, 6.07) is 20.2. The van der Waals surface area contributed by atoms with Crippen molar-refractivity contribution in [3.8, 4) is 0 Å². The molecular formula is C23H31N5O. The molecule has 1 saturated heterocycles. The normalized spacial score (nSPS) is 15.7. The molecule has 0 aliphatic carbocycles. The monoisotopic (exact) mass is 393 g/mol. The summed E-state index contributed by atoms with van der Waals surface area (Å²) in [5, 5.41) is 9.65. The quantitative estimate of drug-likeness (QED) is 0.366. The van der Waals surface area contributed by atoms with Gasteiger partial charge in [0.1, 0.15) is 0 Å². The Morgan fingerprint density at radius 3 is 2.21 bits per heavy atom. The number of nitrogens with zero attached hydrogens (tertiary/aromatic N) is 2. The van der Waals surface area contributed by atoms with Crippen LogP contribution in [0.25, 0.3) is 0 Å². The highest BCUT2D eigenvalue weighted by Crippen LogP contribution is 2.24. The molecule has 1 unspecified atom stereocenters. The summed E-state index contributed by atoms with van der Waals surface area (Å²) in [4.78, 5) is 18.9. The van der Waals surface area contributed by atoms with E-state index in [9.17, 15) is 4.79 Å². The molecule has 0 saturated carbocycles. The highest BCUT2D eigenvalue weighted by atomic mass is 16.1. The van der Waals surface area contributed by atoms with Crippen LogP contribution in [-0.2, 0) is 0 Å². The highest BCUT2D eigenvalue weighted by Gasteiger charge is 2.23. The Morgan fingerprint density at radius 2 is 1.55 bits per heavy atom. The molecule has 154 valence electrons. The number of carbonyl (C=O) groups excluding carboxylic acids is 1. The number of hydrogen-bond donors (Lipinski definition) is 3. The lowest BCUT2D eigenvalue weighted by Gasteiger charge is -2.29. The molecule has 2 aromatic carbocycles. The fourth-order valence-corrected chi connectivity index (χ4v) is 3.65. The Hall–Kier alpha value is -2.86. The topological polar surface area (TPSA) is 68.8 Å². The van der Waals surface area contributed by atoms with Crippen molar-refractivity contribution in [2.75, 3.05) is 39.8 Å². The van der Waals surface area contributed by atoms with Crippen LogP contribution in [-0.4, -0.2) is 56.5 Å². The van der Waals surface area contributed by atoms with Gasteiger partial charge in [0.25, 0.3) is 5.91 Å². The lowest BCUT2D eigenvalue weighted by atomic mass is 10.1. The summed E-state index contributed by atoms with van der Waals surface area (Å²) in [6.07, 6.45) is 2.52. The number of amides is 1. The Balaban J connectivity index is 1.45. The predicted octanol–water partition coefficient (Wildman–Crippen LogP) is 2.42. The zero-order valence-electron chi connectivity index (χ0n) is 17.1. The highest BCUT2D eigenvalue weighted by molar-refractivity contribution is 5.94.